The van der Waals surface area contributed by atoms with Gasteiger partial charge in [0.1, 0.15) is 5.75 Å². The summed E-state index contributed by atoms with van der Waals surface area (Å²) in [6, 6.07) is 13.4. The van der Waals surface area contributed by atoms with E-state index in [0.717, 1.165) is 11.3 Å². The number of carbonyl (C=O) groups is 1. The minimum atomic E-state index is -0.267. The number of amides is 1. The van der Waals surface area contributed by atoms with Crippen LogP contribution in [0.5, 0.6) is 5.75 Å². The van der Waals surface area contributed by atoms with Gasteiger partial charge in [-0.3, -0.25) is 10.1 Å². The number of phenolic OH excluding ortho intramolecular Hbond substituents is 1. The molecule has 6 heteroatoms. The second-order valence-corrected chi connectivity index (χ2v) is 5.84. The first-order valence-corrected chi connectivity index (χ1v) is 7.69. The van der Waals surface area contributed by atoms with Crippen LogP contribution < -0.4 is 5.32 Å². The molecule has 0 aliphatic rings. The average molecular weight is 331 g/mol. The molecule has 2 aromatic carbocycles. The van der Waals surface area contributed by atoms with Crippen LogP contribution in [-0.2, 0) is 0 Å². The summed E-state index contributed by atoms with van der Waals surface area (Å²) in [7, 11) is 0. The maximum absolute atomic E-state index is 12.1. The molecule has 1 heterocycles. The zero-order valence-electron chi connectivity index (χ0n) is 11.3. The molecule has 0 saturated heterocycles. The monoisotopic (exact) mass is 330 g/mol. The molecule has 3 rings (SSSR count). The third kappa shape index (κ3) is 3.27. The van der Waals surface area contributed by atoms with Crippen LogP contribution in [0, 0.1) is 0 Å². The lowest BCUT2D eigenvalue weighted by atomic mass is 10.2. The van der Waals surface area contributed by atoms with E-state index in [1.54, 1.807) is 24.3 Å². The molecule has 0 aliphatic carbocycles. The summed E-state index contributed by atoms with van der Waals surface area (Å²) in [5, 5.41) is 15.0. The van der Waals surface area contributed by atoms with Gasteiger partial charge in [0.15, 0.2) is 5.13 Å². The van der Waals surface area contributed by atoms with E-state index in [2.05, 4.69) is 10.3 Å². The van der Waals surface area contributed by atoms with Crippen molar-refractivity contribution in [1.29, 1.82) is 0 Å². The Balaban J connectivity index is 1.75. The summed E-state index contributed by atoms with van der Waals surface area (Å²) >= 11 is 7.21. The van der Waals surface area contributed by atoms with Crippen LogP contribution in [-0.4, -0.2) is 16.0 Å². The molecule has 0 spiro atoms. The highest BCUT2D eigenvalue weighted by atomic mass is 35.5. The number of aromatic hydroxyl groups is 1. The largest absolute Gasteiger partial charge is 0.508 e. The zero-order valence-corrected chi connectivity index (χ0v) is 12.9. The van der Waals surface area contributed by atoms with Crippen LogP contribution >= 0.6 is 22.9 Å². The smallest absolute Gasteiger partial charge is 0.257 e. The molecule has 22 heavy (non-hydrogen) atoms. The lowest BCUT2D eigenvalue weighted by molar-refractivity contribution is 0.102. The van der Waals surface area contributed by atoms with Crippen LogP contribution in [0.1, 0.15) is 10.4 Å². The van der Waals surface area contributed by atoms with Crippen molar-refractivity contribution >= 4 is 34.0 Å². The molecule has 0 unspecified atom stereocenters. The summed E-state index contributed by atoms with van der Waals surface area (Å²) in [6.45, 7) is 0. The Morgan fingerprint density at radius 1 is 1.09 bits per heavy atom. The number of aromatic nitrogens is 1. The molecule has 110 valence electrons. The van der Waals surface area contributed by atoms with E-state index in [9.17, 15) is 9.90 Å². The van der Waals surface area contributed by atoms with Crippen molar-refractivity contribution in [2.75, 3.05) is 5.32 Å². The summed E-state index contributed by atoms with van der Waals surface area (Å²) in [5.41, 5.74) is 2.18. The van der Waals surface area contributed by atoms with E-state index in [4.69, 9.17) is 11.6 Å². The molecule has 0 aliphatic heterocycles. The number of hydrogen-bond donors (Lipinski definition) is 2. The summed E-state index contributed by atoms with van der Waals surface area (Å²) < 4.78 is 0. The SMILES string of the molecule is O=C(Nc1nc(-c2ccc(Cl)cc2)cs1)c1ccc(O)cc1. The second-order valence-electron chi connectivity index (χ2n) is 4.55. The summed E-state index contributed by atoms with van der Waals surface area (Å²) in [5.74, 6) is -0.146. The van der Waals surface area contributed by atoms with Crippen LogP contribution in [0.15, 0.2) is 53.9 Å². The molecule has 2 N–H and O–H groups in total. The fourth-order valence-electron chi connectivity index (χ4n) is 1.87. The Hall–Kier alpha value is -2.37. The van der Waals surface area contributed by atoms with Crippen LogP contribution in [0.25, 0.3) is 11.3 Å². The van der Waals surface area contributed by atoms with Crippen molar-refractivity contribution in [2.24, 2.45) is 0 Å². The summed E-state index contributed by atoms with van der Waals surface area (Å²) in [4.78, 5) is 16.5. The Labute approximate surface area is 136 Å². The zero-order chi connectivity index (χ0) is 15.5. The van der Waals surface area contributed by atoms with Crippen molar-refractivity contribution in [3.63, 3.8) is 0 Å². The maximum Gasteiger partial charge on any atom is 0.257 e. The van der Waals surface area contributed by atoms with Gasteiger partial charge in [0, 0.05) is 21.5 Å². The van der Waals surface area contributed by atoms with E-state index in [-0.39, 0.29) is 11.7 Å². The van der Waals surface area contributed by atoms with Crippen LogP contribution in [0.4, 0.5) is 5.13 Å². The van der Waals surface area contributed by atoms with Crippen molar-refractivity contribution in [3.8, 4) is 17.0 Å². The molecule has 3 aromatic rings. The van der Waals surface area contributed by atoms with E-state index >= 15 is 0 Å². The molecule has 0 radical (unpaired) electrons. The maximum atomic E-state index is 12.1. The third-order valence-electron chi connectivity index (χ3n) is 2.99. The van der Waals surface area contributed by atoms with E-state index in [0.29, 0.717) is 15.7 Å². The van der Waals surface area contributed by atoms with Gasteiger partial charge in [-0.25, -0.2) is 4.98 Å². The predicted octanol–water partition coefficient (Wildman–Crippen LogP) is 4.42. The van der Waals surface area contributed by atoms with Crippen molar-refractivity contribution < 1.29 is 9.90 Å². The predicted molar refractivity (Wildman–Crippen MR) is 88.6 cm³/mol. The molecular formula is C16H11ClN2O2S. The number of anilines is 1. The number of hydrogen-bond acceptors (Lipinski definition) is 4. The topological polar surface area (TPSA) is 62.2 Å². The number of rotatable bonds is 3. The first-order chi connectivity index (χ1) is 10.6. The minimum absolute atomic E-state index is 0.121. The van der Waals surface area contributed by atoms with Gasteiger partial charge in [-0.2, -0.15) is 0 Å². The highest BCUT2D eigenvalue weighted by molar-refractivity contribution is 7.14. The van der Waals surface area contributed by atoms with Gasteiger partial charge in [0.2, 0.25) is 0 Å². The molecule has 0 fully saturated rings. The van der Waals surface area contributed by atoms with Gasteiger partial charge in [-0.15, -0.1) is 11.3 Å². The fraction of sp³-hybridized carbons (Fsp3) is 0. The van der Waals surface area contributed by atoms with Gasteiger partial charge in [-0.05, 0) is 36.4 Å². The third-order valence-corrected chi connectivity index (χ3v) is 4.00. The molecule has 1 aromatic heterocycles. The van der Waals surface area contributed by atoms with E-state index < -0.39 is 0 Å². The van der Waals surface area contributed by atoms with Gasteiger partial charge in [0.25, 0.3) is 5.91 Å². The summed E-state index contributed by atoms with van der Waals surface area (Å²) in [6.07, 6.45) is 0. The molecule has 0 bridgehead atoms. The molecule has 0 saturated carbocycles. The quantitative estimate of drug-likeness (QED) is 0.747. The molecular weight excluding hydrogens is 320 g/mol. The fourth-order valence-corrected chi connectivity index (χ4v) is 2.71. The number of benzene rings is 2. The Morgan fingerprint density at radius 3 is 2.45 bits per heavy atom. The van der Waals surface area contributed by atoms with E-state index in [1.807, 2.05) is 17.5 Å². The Morgan fingerprint density at radius 2 is 1.77 bits per heavy atom. The molecule has 1 amide bonds. The van der Waals surface area contributed by atoms with Crippen molar-refractivity contribution in [3.05, 3.63) is 64.5 Å². The highest BCUT2D eigenvalue weighted by Gasteiger charge is 2.10. The lowest BCUT2D eigenvalue weighted by Crippen LogP contribution is -2.11. The Kier molecular flexibility index (Phi) is 4.09. The normalized spacial score (nSPS) is 10.4. The Bertz CT molecular complexity index is 798. The van der Waals surface area contributed by atoms with Crippen molar-refractivity contribution in [1.82, 2.24) is 4.98 Å². The number of phenols is 1. The number of nitrogens with one attached hydrogen (secondary N) is 1. The second kappa shape index (κ2) is 6.17. The van der Waals surface area contributed by atoms with Crippen LogP contribution in [0.2, 0.25) is 5.02 Å². The lowest BCUT2D eigenvalue weighted by Gasteiger charge is -2.01. The van der Waals surface area contributed by atoms with E-state index in [1.165, 1.54) is 23.5 Å². The van der Waals surface area contributed by atoms with Gasteiger partial charge in [0.05, 0.1) is 5.69 Å². The first-order valence-electron chi connectivity index (χ1n) is 6.44. The van der Waals surface area contributed by atoms with Crippen molar-refractivity contribution in [2.45, 2.75) is 0 Å². The average Bonchev–Trinajstić information content (AvgIpc) is 2.97. The van der Waals surface area contributed by atoms with Crippen LogP contribution in [0.3, 0.4) is 0 Å². The van der Waals surface area contributed by atoms with Gasteiger partial charge in [-0.1, -0.05) is 23.7 Å². The first kappa shape index (κ1) is 14.6. The number of carbonyl (C=O) groups excluding carboxylic acids is 1. The van der Waals surface area contributed by atoms with Gasteiger partial charge >= 0.3 is 0 Å². The minimum Gasteiger partial charge on any atom is -0.508 e. The highest BCUT2D eigenvalue weighted by Crippen LogP contribution is 2.26. The molecule has 0 atom stereocenters. The standard InChI is InChI=1S/C16H11ClN2O2S/c17-12-5-1-10(2-6-12)14-9-22-16(18-14)19-15(21)11-3-7-13(20)8-4-11/h1-9,20H,(H,18,19,21). The van der Waals surface area contributed by atoms with Gasteiger partial charge < -0.3 is 5.11 Å². The number of nitrogens with zero attached hydrogens (tertiary/aromatic N) is 1. The number of thiazole rings is 1. The number of halogens is 1. The molecule has 4 nitrogen and oxygen atoms in total.